The van der Waals surface area contributed by atoms with E-state index in [1.54, 1.807) is 7.11 Å². The van der Waals surface area contributed by atoms with Gasteiger partial charge in [0, 0.05) is 38.9 Å². The molecule has 2 aliphatic heterocycles. The Balaban J connectivity index is 1.86. The molecule has 138 valence electrons. The van der Waals surface area contributed by atoms with Gasteiger partial charge in [0.2, 0.25) is 0 Å². The Kier molecular flexibility index (Phi) is 5.03. The molecule has 10 heteroatoms. The highest BCUT2D eigenvalue weighted by Gasteiger charge is 2.48. The van der Waals surface area contributed by atoms with Gasteiger partial charge in [0.15, 0.2) is 21.3 Å². The van der Waals surface area contributed by atoms with Gasteiger partial charge in [-0.3, -0.25) is 9.69 Å². The van der Waals surface area contributed by atoms with Crippen molar-refractivity contribution in [3.8, 4) is 0 Å². The summed E-state index contributed by atoms with van der Waals surface area (Å²) in [4.78, 5) is 19.5. The van der Waals surface area contributed by atoms with Crippen molar-refractivity contribution in [2.24, 2.45) is 0 Å². The van der Waals surface area contributed by atoms with E-state index in [4.69, 9.17) is 4.74 Å². The van der Waals surface area contributed by atoms with E-state index >= 15 is 0 Å². The van der Waals surface area contributed by atoms with Gasteiger partial charge in [-0.1, -0.05) is 0 Å². The predicted octanol–water partition coefficient (Wildman–Crippen LogP) is -0.0704. The van der Waals surface area contributed by atoms with Crippen LogP contribution in [-0.4, -0.2) is 86.0 Å². The second-order valence-electron chi connectivity index (χ2n) is 6.22. The zero-order chi connectivity index (χ0) is 18.2. The van der Waals surface area contributed by atoms with Gasteiger partial charge in [-0.25, -0.2) is 22.2 Å². The minimum Gasteiger partial charge on any atom is -0.383 e. The second-order valence-corrected chi connectivity index (χ2v) is 8.38. The Labute approximate surface area is 144 Å². The highest BCUT2D eigenvalue weighted by molar-refractivity contribution is 7.91. The summed E-state index contributed by atoms with van der Waals surface area (Å²) in [7, 11) is -1.74. The molecule has 0 N–H and O–H groups in total. The van der Waals surface area contributed by atoms with Gasteiger partial charge >= 0.3 is 0 Å². The van der Waals surface area contributed by atoms with E-state index in [1.165, 1.54) is 4.90 Å². The third kappa shape index (κ3) is 3.65. The summed E-state index contributed by atoms with van der Waals surface area (Å²) in [6.07, 6.45) is 0.772. The Morgan fingerprint density at radius 2 is 2.04 bits per heavy atom. The highest BCUT2D eigenvalue weighted by Crippen LogP contribution is 2.28. The zero-order valence-corrected chi connectivity index (χ0v) is 14.5. The summed E-state index contributed by atoms with van der Waals surface area (Å²) in [5, 5.41) is 0. The molecule has 0 unspecified atom stereocenters. The maximum absolute atomic E-state index is 13.9. The molecule has 2 saturated heterocycles. The topological polar surface area (TPSA) is 79.8 Å². The van der Waals surface area contributed by atoms with Crippen LogP contribution in [-0.2, 0) is 14.6 Å². The molecule has 3 heterocycles. The number of aromatic nitrogens is 1. The van der Waals surface area contributed by atoms with Gasteiger partial charge in [-0.2, -0.15) is 0 Å². The summed E-state index contributed by atoms with van der Waals surface area (Å²) in [5.74, 6) is -2.86. The van der Waals surface area contributed by atoms with Crippen LogP contribution in [0.5, 0.6) is 0 Å². The van der Waals surface area contributed by atoms with E-state index in [1.807, 2.05) is 4.90 Å². The lowest BCUT2D eigenvalue weighted by molar-refractivity contribution is 0.0240. The number of fused-ring (bicyclic) bond motifs is 1. The molecule has 1 aromatic heterocycles. The van der Waals surface area contributed by atoms with E-state index in [0.29, 0.717) is 25.8 Å². The number of carbonyl (C=O) groups excluding carboxylic acids is 1. The van der Waals surface area contributed by atoms with Crippen molar-refractivity contribution < 1.29 is 26.7 Å². The molecule has 2 atom stereocenters. The average Bonchev–Trinajstić information content (AvgIpc) is 2.87. The number of sulfone groups is 1. The number of carbonyl (C=O) groups is 1. The lowest BCUT2D eigenvalue weighted by Gasteiger charge is -2.43. The number of methoxy groups -OCH3 is 1. The van der Waals surface area contributed by atoms with Crippen molar-refractivity contribution in [2.45, 2.75) is 12.1 Å². The minimum absolute atomic E-state index is 0.0511. The fourth-order valence-electron chi connectivity index (χ4n) is 3.47. The number of halogens is 2. The number of ether oxygens (including phenoxy) is 1. The van der Waals surface area contributed by atoms with Crippen LogP contribution in [0.1, 0.15) is 10.5 Å². The monoisotopic (exact) mass is 375 g/mol. The lowest BCUT2D eigenvalue weighted by atomic mass is 10.0. The minimum atomic E-state index is -3.30. The van der Waals surface area contributed by atoms with Crippen molar-refractivity contribution in [1.29, 1.82) is 0 Å². The molecular weight excluding hydrogens is 356 g/mol. The van der Waals surface area contributed by atoms with Crippen LogP contribution in [0.3, 0.4) is 0 Å². The molecule has 2 fully saturated rings. The number of amides is 1. The third-order valence-electron chi connectivity index (χ3n) is 4.64. The Morgan fingerprint density at radius 3 is 2.72 bits per heavy atom. The number of hydrogen-bond acceptors (Lipinski definition) is 6. The molecule has 0 bridgehead atoms. The first-order chi connectivity index (χ1) is 11.8. The quantitative estimate of drug-likeness (QED) is 0.733. The summed E-state index contributed by atoms with van der Waals surface area (Å²) in [5.41, 5.74) is -0.491. The SMILES string of the molecule is COCCN1CCN(C(=O)c2ncc(F)cc2F)[C@@H]2CS(=O)(=O)C[C@@H]21. The van der Waals surface area contributed by atoms with E-state index < -0.39 is 39.1 Å². The van der Waals surface area contributed by atoms with E-state index in [0.717, 1.165) is 6.20 Å². The predicted molar refractivity (Wildman–Crippen MR) is 84.9 cm³/mol. The summed E-state index contributed by atoms with van der Waals surface area (Å²) >= 11 is 0. The standard InChI is InChI=1S/C15H19F2N3O4S/c1-24-5-4-19-2-3-20(13-9-25(22,23)8-12(13)19)15(21)14-11(17)6-10(16)7-18-14/h6-7,12-13H,2-5,8-9H2,1H3/t12-,13+/m0/s1. The van der Waals surface area contributed by atoms with Gasteiger partial charge in [-0.05, 0) is 0 Å². The van der Waals surface area contributed by atoms with Crippen LogP contribution in [0.2, 0.25) is 0 Å². The van der Waals surface area contributed by atoms with Crippen LogP contribution in [0.4, 0.5) is 8.78 Å². The molecule has 0 aliphatic carbocycles. The molecule has 0 spiro atoms. The van der Waals surface area contributed by atoms with Crippen molar-refractivity contribution in [2.75, 3.05) is 44.9 Å². The van der Waals surface area contributed by atoms with Gasteiger partial charge in [0.1, 0.15) is 5.82 Å². The number of hydrogen-bond donors (Lipinski definition) is 0. The summed E-state index contributed by atoms with van der Waals surface area (Å²) in [6, 6.07) is -0.339. The smallest absolute Gasteiger partial charge is 0.275 e. The van der Waals surface area contributed by atoms with Gasteiger partial charge < -0.3 is 9.64 Å². The van der Waals surface area contributed by atoms with E-state index in [9.17, 15) is 22.0 Å². The molecule has 2 aliphatic rings. The summed E-state index contributed by atoms with van der Waals surface area (Å²) in [6.45, 7) is 1.70. The molecule has 1 aromatic rings. The molecule has 1 amide bonds. The first kappa shape index (κ1) is 18.2. The van der Waals surface area contributed by atoms with Crippen molar-refractivity contribution >= 4 is 15.7 Å². The molecule has 0 aromatic carbocycles. The van der Waals surface area contributed by atoms with Gasteiger partial charge in [0.25, 0.3) is 5.91 Å². The number of pyridine rings is 1. The molecule has 25 heavy (non-hydrogen) atoms. The molecule has 0 radical (unpaired) electrons. The average molecular weight is 375 g/mol. The Bertz CT molecular complexity index is 774. The number of nitrogens with zero attached hydrogens (tertiary/aromatic N) is 3. The number of piperazine rings is 1. The van der Waals surface area contributed by atoms with Crippen LogP contribution in [0.25, 0.3) is 0 Å². The second kappa shape index (κ2) is 6.93. The maximum Gasteiger partial charge on any atom is 0.275 e. The fraction of sp³-hybridized carbons (Fsp3) is 0.600. The van der Waals surface area contributed by atoms with Crippen LogP contribution >= 0.6 is 0 Å². The van der Waals surface area contributed by atoms with Crippen molar-refractivity contribution in [1.82, 2.24) is 14.8 Å². The van der Waals surface area contributed by atoms with Crippen molar-refractivity contribution in [3.05, 3.63) is 29.6 Å². The third-order valence-corrected chi connectivity index (χ3v) is 6.34. The van der Waals surface area contributed by atoms with Crippen LogP contribution in [0.15, 0.2) is 12.3 Å². The van der Waals surface area contributed by atoms with Crippen LogP contribution < -0.4 is 0 Å². The first-order valence-electron chi connectivity index (χ1n) is 7.88. The highest BCUT2D eigenvalue weighted by atomic mass is 32.2. The van der Waals surface area contributed by atoms with Gasteiger partial charge in [0.05, 0.1) is 30.4 Å². The molecular formula is C15H19F2N3O4S. The molecule has 3 rings (SSSR count). The molecule has 7 nitrogen and oxygen atoms in total. The Hall–Kier alpha value is -1.65. The lowest BCUT2D eigenvalue weighted by Crippen LogP contribution is -2.61. The van der Waals surface area contributed by atoms with Crippen molar-refractivity contribution in [3.63, 3.8) is 0 Å². The molecule has 0 saturated carbocycles. The van der Waals surface area contributed by atoms with Crippen LogP contribution in [0, 0.1) is 11.6 Å². The Morgan fingerprint density at radius 1 is 1.32 bits per heavy atom. The van der Waals surface area contributed by atoms with E-state index in [-0.39, 0.29) is 24.1 Å². The fourth-order valence-corrected chi connectivity index (χ4v) is 5.48. The largest absolute Gasteiger partial charge is 0.383 e. The zero-order valence-electron chi connectivity index (χ0n) is 13.7. The number of rotatable bonds is 4. The van der Waals surface area contributed by atoms with Gasteiger partial charge in [-0.15, -0.1) is 0 Å². The maximum atomic E-state index is 13.9. The normalized spacial score (nSPS) is 25.8. The first-order valence-corrected chi connectivity index (χ1v) is 9.70. The van der Waals surface area contributed by atoms with E-state index in [2.05, 4.69) is 4.98 Å². The summed E-state index contributed by atoms with van der Waals surface area (Å²) < 4.78 is 56.2.